The number of hydrogen-bond donors (Lipinski definition) is 1. The van der Waals surface area contributed by atoms with Gasteiger partial charge in [-0.25, -0.2) is 14.6 Å². The molecule has 0 bridgehead atoms. The van der Waals surface area contributed by atoms with Gasteiger partial charge < -0.3 is 0 Å². The summed E-state index contributed by atoms with van der Waals surface area (Å²) in [5, 5.41) is 8.71. The van der Waals surface area contributed by atoms with E-state index in [4.69, 9.17) is 0 Å². The molecule has 0 atom stereocenters. The van der Waals surface area contributed by atoms with Gasteiger partial charge in [-0.05, 0) is 43.4 Å². The largest absolute Gasteiger partial charge is 0.261 e. The van der Waals surface area contributed by atoms with Crippen molar-refractivity contribution in [2.24, 2.45) is 5.10 Å². The summed E-state index contributed by atoms with van der Waals surface area (Å²) in [5.74, 6) is 1.32. The average molecular weight is 348 g/mol. The molecule has 0 spiro atoms. The third-order valence-electron chi connectivity index (χ3n) is 4.13. The summed E-state index contributed by atoms with van der Waals surface area (Å²) in [7, 11) is 0. The zero-order valence-electron chi connectivity index (χ0n) is 15.5. The van der Waals surface area contributed by atoms with Gasteiger partial charge in [-0.1, -0.05) is 37.6 Å². The summed E-state index contributed by atoms with van der Waals surface area (Å²) in [6, 6.07) is 10.4. The highest BCUT2D eigenvalue weighted by molar-refractivity contribution is 5.99. The van der Waals surface area contributed by atoms with Crippen molar-refractivity contribution >= 4 is 11.5 Å². The van der Waals surface area contributed by atoms with Gasteiger partial charge in [0.2, 0.25) is 0 Å². The van der Waals surface area contributed by atoms with E-state index in [9.17, 15) is 0 Å². The molecule has 0 unspecified atom stereocenters. The van der Waals surface area contributed by atoms with Crippen LogP contribution in [-0.4, -0.2) is 25.5 Å². The number of unbranched alkanes of at least 4 members (excludes halogenated alkanes) is 1. The highest BCUT2D eigenvalue weighted by Crippen LogP contribution is 2.11. The highest BCUT2D eigenvalue weighted by atomic mass is 15.3. The Bertz CT molecular complexity index is 879. The monoisotopic (exact) mass is 348 g/mol. The number of aromatic nitrogens is 4. The molecular formula is C20H24N6. The number of hydrogen-bond acceptors (Lipinski definition) is 5. The van der Waals surface area contributed by atoms with Gasteiger partial charge in [-0.3, -0.25) is 5.43 Å². The molecule has 1 aromatic carbocycles. The summed E-state index contributed by atoms with van der Waals surface area (Å²) in [4.78, 5) is 8.46. The molecule has 0 saturated carbocycles. The molecule has 0 aliphatic carbocycles. The summed E-state index contributed by atoms with van der Waals surface area (Å²) < 4.78 is 1.72. The molecule has 0 saturated heterocycles. The Kier molecular flexibility index (Phi) is 5.73. The Labute approximate surface area is 154 Å². The molecule has 3 aromatic rings. The lowest BCUT2D eigenvalue weighted by Crippen LogP contribution is -2.03. The first kappa shape index (κ1) is 17.8. The maximum absolute atomic E-state index is 4.44. The van der Waals surface area contributed by atoms with Crippen LogP contribution in [0.4, 0.5) is 5.82 Å². The summed E-state index contributed by atoms with van der Waals surface area (Å²) in [6.45, 7) is 6.18. The number of anilines is 1. The second-order valence-corrected chi connectivity index (χ2v) is 6.33. The third-order valence-corrected chi connectivity index (χ3v) is 4.13. The van der Waals surface area contributed by atoms with Gasteiger partial charge in [-0.15, -0.1) is 0 Å². The van der Waals surface area contributed by atoms with Crippen LogP contribution in [0.2, 0.25) is 0 Å². The minimum atomic E-state index is 0.627. The normalized spacial score (nSPS) is 11.6. The van der Waals surface area contributed by atoms with E-state index in [1.165, 1.54) is 24.7 Å². The summed E-state index contributed by atoms with van der Waals surface area (Å²) >= 11 is 0. The predicted molar refractivity (Wildman–Crippen MR) is 105 cm³/mol. The first-order chi connectivity index (χ1) is 12.7. The number of hydrazone groups is 1. The Hall–Kier alpha value is -3.02. The van der Waals surface area contributed by atoms with E-state index in [0.717, 1.165) is 23.3 Å². The van der Waals surface area contributed by atoms with Crippen molar-refractivity contribution in [3.05, 3.63) is 65.7 Å². The molecule has 6 heteroatoms. The average Bonchev–Trinajstić information content (AvgIpc) is 3.11. The lowest BCUT2D eigenvalue weighted by Gasteiger charge is -2.06. The van der Waals surface area contributed by atoms with Crippen LogP contribution in [0.5, 0.6) is 0 Å². The first-order valence-corrected chi connectivity index (χ1v) is 8.89. The van der Waals surface area contributed by atoms with Crippen molar-refractivity contribution in [1.29, 1.82) is 0 Å². The van der Waals surface area contributed by atoms with Crippen LogP contribution in [0.1, 0.15) is 43.4 Å². The van der Waals surface area contributed by atoms with Crippen LogP contribution in [0.25, 0.3) is 5.82 Å². The molecule has 6 nitrogen and oxygen atoms in total. The second kappa shape index (κ2) is 8.38. The topological polar surface area (TPSA) is 68.0 Å². The Morgan fingerprint density at radius 3 is 2.69 bits per heavy atom. The summed E-state index contributed by atoms with van der Waals surface area (Å²) in [6.07, 6.45) is 8.78. The summed E-state index contributed by atoms with van der Waals surface area (Å²) in [5.41, 5.74) is 7.45. The predicted octanol–water partition coefficient (Wildman–Crippen LogP) is 4.15. The molecule has 2 heterocycles. The van der Waals surface area contributed by atoms with Crippen molar-refractivity contribution in [1.82, 2.24) is 19.7 Å². The van der Waals surface area contributed by atoms with Crippen LogP contribution >= 0.6 is 0 Å². The second-order valence-electron chi connectivity index (χ2n) is 6.33. The fourth-order valence-corrected chi connectivity index (χ4v) is 2.57. The van der Waals surface area contributed by atoms with Crippen molar-refractivity contribution in [3.63, 3.8) is 0 Å². The van der Waals surface area contributed by atoms with E-state index >= 15 is 0 Å². The fraction of sp³-hybridized carbons (Fsp3) is 0.300. The Morgan fingerprint density at radius 2 is 2.00 bits per heavy atom. The lowest BCUT2D eigenvalue weighted by atomic mass is 10.0. The number of benzene rings is 1. The number of nitrogens with one attached hydrogen (secondary N) is 1. The molecule has 0 aliphatic rings. The molecule has 3 rings (SSSR count). The van der Waals surface area contributed by atoms with Gasteiger partial charge in [0.25, 0.3) is 0 Å². The fourth-order valence-electron chi connectivity index (χ4n) is 2.57. The molecule has 0 aliphatic heterocycles. The van der Waals surface area contributed by atoms with Gasteiger partial charge in [0, 0.05) is 12.3 Å². The Morgan fingerprint density at radius 1 is 1.19 bits per heavy atom. The third kappa shape index (κ3) is 4.53. The quantitative estimate of drug-likeness (QED) is 0.514. The standard InChI is InChI=1S/C20H24N6/c1-4-5-6-17-7-9-18(10-8-17)16(3)24-25-19-11-20(22-14-21-19)26-13-15(2)12-23-26/h7-14H,4-6H2,1-3H3,(H,21,22,25). The van der Waals surface area contributed by atoms with Gasteiger partial charge in [0.15, 0.2) is 11.6 Å². The van der Waals surface area contributed by atoms with Crippen molar-refractivity contribution < 1.29 is 0 Å². The van der Waals surface area contributed by atoms with Crippen LogP contribution in [-0.2, 0) is 6.42 Å². The van der Waals surface area contributed by atoms with Crippen LogP contribution in [0.15, 0.2) is 54.2 Å². The molecule has 0 amide bonds. The number of nitrogens with zero attached hydrogens (tertiary/aromatic N) is 5. The maximum Gasteiger partial charge on any atom is 0.158 e. The highest BCUT2D eigenvalue weighted by Gasteiger charge is 2.03. The Balaban J connectivity index is 1.69. The van der Waals surface area contributed by atoms with Crippen molar-refractivity contribution in [2.45, 2.75) is 40.0 Å². The van der Waals surface area contributed by atoms with E-state index in [-0.39, 0.29) is 0 Å². The number of rotatable bonds is 7. The molecule has 2 aromatic heterocycles. The van der Waals surface area contributed by atoms with E-state index < -0.39 is 0 Å². The molecule has 1 N–H and O–H groups in total. The van der Waals surface area contributed by atoms with Crippen LogP contribution in [0, 0.1) is 6.92 Å². The van der Waals surface area contributed by atoms with Gasteiger partial charge in [-0.2, -0.15) is 10.2 Å². The molecule has 0 fully saturated rings. The zero-order valence-corrected chi connectivity index (χ0v) is 15.5. The minimum Gasteiger partial charge on any atom is -0.261 e. The van der Waals surface area contributed by atoms with Crippen LogP contribution in [0.3, 0.4) is 0 Å². The first-order valence-electron chi connectivity index (χ1n) is 8.89. The van der Waals surface area contributed by atoms with Crippen molar-refractivity contribution in [2.75, 3.05) is 5.43 Å². The number of aryl methyl sites for hydroxylation is 2. The van der Waals surface area contributed by atoms with Gasteiger partial charge >= 0.3 is 0 Å². The lowest BCUT2D eigenvalue weighted by molar-refractivity contribution is 0.795. The van der Waals surface area contributed by atoms with E-state index in [1.54, 1.807) is 10.9 Å². The van der Waals surface area contributed by atoms with Crippen LogP contribution < -0.4 is 5.43 Å². The van der Waals surface area contributed by atoms with Crippen molar-refractivity contribution in [3.8, 4) is 5.82 Å². The van der Waals surface area contributed by atoms with Gasteiger partial charge in [0.05, 0.1) is 11.9 Å². The molecule has 26 heavy (non-hydrogen) atoms. The van der Waals surface area contributed by atoms with E-state index in [1.807, 2.05) is 26.1 Å². The molecule has 0 radical (unpaired) electrons. The zero-order chi connectivity index (χ0) is 18.4. The molecule has 134 valence electrons. The minimum absolute atomic E-state index is 0.627. The SMILES string of the molecule is CCCCc1ccc(C(C)=NNc2cc(-n3cc(C)cn3)ncn2)cc1. The smallest absolute Gasteiger partial charge is 0.158 e. The van der Waals surface area contributed by atoms with Gasteiger partial charge in [0.1, 0.15) is 6.33 Å². The maximum atomic E-state index is 4.44. The van der Waals surface area contributed by atoms with E-state index in [0.29, 0.717) is 11.6 Å². The van der Waals surface area contributed by atoms with E-state index in [2.05, 4.69) is 56.8 Å². The molecular weight excluding hydrogens is 324 g/mol.